The van der Waals surface area contributed by atoms with Gasteiger partial charge in [0.05, 0.1) is 39.6 Å². The van der Waals surface area contributed by atoms with Gasteiger partial charge in [0.25, 0.3) is 0 Å². The van der Waals surface area contributed by atoms with Crippen LogP contribution in [0.5, 0.6) is 0 Å². The van der Waals surface area contributed by atoms with Gasteiger partial charge in [-0.1, -0.05) is 43.2 Å². The lowest BCUT2D eigenvalue weighted by Gasteiger charge is -2.33. The average Bonchev–Trinajstić information content (AvgIpc) is 3.21. The number of nitrogens with one attached hydrogen (secondary N) is 3. The van der Waals surface area contributed by atoms with Crippen LogP contribution in [-0.4, -0.2) is 117 Å². The highest BCUT2D eigenvalue weighted by Crippen LogP contribution is 2.16. The molecule has 0 aliphatic heterocycles. The number of hydrogen-bond donors (Lipinski definition) is 3. The van der Waals surface area contributed by atoms with Crippen molar-refractivity contribution in [1.82, 2.24) is 16.0 Å². The summed E-state index contributed by atoms with van der Waals surface area (Å²) in [5.74, 6) is -0.810. The molecular weight excluding hydrogens is 867 g/mol. The highest BCUT2D eigenvalue weighted by Gasteiger charge is 2.35. The Kier molecular flexibility index (Phi) is 29.7. The number of alkyl carbamates (subject to hydrolysis) is 2. The Labute approximate surface area is 399 Å². The standard InChI is InChI=1S/C50H83N3O14/c1-47(2,3)65-43(57)25-17-11-15-23-40(54)27-32-61-36-50(53-46(60)64-35-39-21-13-10-14-22-39,37-62-33-28-41(55)24-16-12-18-26-44(58)66-48(4,5)6)38-63-34-29-42(56)51-30-19-20-31-52-45(59)67-49(7,8)9/h10,13-14,21-22H,11-12,15-20,23-38H2,1-9H3,(H,51,56)(H,52,59)(H,53,60). The lowest BCUT2D eigenvalue weighted by molar-refractivity contribution is -0.156. The van der Waals surface area contributed by atoms with Gasteiger partial charge in [0.2, 0.25) is 5.91 Å². The molecule has 382 valence electrons. The van der Waals surface area contributed by atoms with Crippen LogP contribution in [0.1, 0.15) is 164 Å². The topological polar surface area (TPSA) is 220 Å². The molecule has 0 saturated heterocycles. The van der Waals surface area contributed by atoms with Crippen LogP contribution in [0.4, 0.5) is 9.59 Å². The van der Waals surface area contributed by atoms with E-state index in [9.17, 15) is 33.6 Å². The minimum Gasteiger partial charge on any atom is -0.460 e. The van der Waals surface area contributed by atoms with Crippen molar-refractivity contribution in [1.29, 1.82) is 0 Å². The number of Topliss-reactive ketones (excluding diaryl/α,β-unsaturated/α-hetero) is 2. The fourth-order valence-electron chi connectivity index (χ4n) is 6.19. The fraction of sp³-hybridized carbons (Fsp3) is 0.740. The maximum atomic E-state index is 13.3. The Hall–Kier alpha value is -4.61. The lowest BCUT2D eigenvalue weighted by Crippen LogP contribution is -2.58. The summed E-state index contributed by atoms with van der Waals surface area (Å²) in [4.78, 5) is 87.4. The van der Waals surface area contributed by atoms with Crippen LogP contribution in [0.25, 0.3) is 0 Å². The molecule has 3 N–H and O–H groups in total. The van der Waals surface area contributed by atoms with Gasteiger partial charge >= 0.3 is 24.1 Å². The van der Waals surface area contributed by atoms with Gasteiger partial charge in [0, 0.05) is 58.0 Å². The second kappa shape index (κ2) is 33.0. The third-order valence-corrected chi connectivity index (χ3v) is 9.35. The van der Waals surface area contributed by atoms with Gasteiger partial charge in [0.1, 0.15) is 40.5 Å². The second-order valence-electron chi connectivity index (χ2n) is 19.7. The van der Waals surface area contributed by atoms with E-state index in [0.717, 1.165) is 5.56 Å². The van der Waals surface area contributed by atoms with Gasteiger partial charge in [-0.05, 0) is 106 Å². The highest BCUT2D eigenvalue weighted by molar-refractivity contribution is 5.79. The zero-order chi connectivity index (χ0) is 50.2. The molecule has 0 saturated carbocycles. The zero-order valence-electron chi connectivity index (χ0n) is 42.1. The molecule has 3 amide bonds. The highest BCUT2D eigenvalue weighted by atomic mass is 16.6. The number of hydrogen-bond acceptors (Lipinski definition) is 14. The number of ketones is 2. The van der Waals surface area contributed by atoms with Crippen molar-refractivity contribution in [2.75, 3.05) is 52.7 Å². The van der Waals surface area contributed by atoms with Crippen molar-refractivity contribution < 1.29 is 66.7 Å². The molecule has 0 bridgehead atoms. The molecule has 0 atom stereocenters. The summed E-state index contributed by atoms with van der Waals surface area (Å²) in [6.45, 7) is 16.7. The molecule has 0 heterocycles. The third-order valence-electron chi connectivity index (χ3n) is 9.35. The maximum Gasteiger partial charge on any atom is 0.408 e. The molecule has 0 radical (unpaired) electrons. The van der Waals surface area contributed by atoms with Crippen LogP contribution in [0, 0.1) is 0 Å². The second-order valence-corrected chi connectivity index (χ2v) is 19.7. The van der Waals surface area contributed by atoms with Crippen LogP contribution >= 0.6 is 0 Å². The van der Waals surface area contributed by atoms with Crippen molar-refractivity contribution >= 4 is 41.6 Å². The molecule has 1 rings (SSSR count). The summed E-state index contributed by atoms with van der Waals surface area (Å²) in [7, 11) is 0. The number of ether oxygens (including phenoxy) is 7. The van der Waals surface area contributed by atoms with Gasteiger partial charge < -0.3 is 49.1 Å². The third kappa shape index (κ3) is 36.2. The molecule has 67 heavy (non-hydrogen) atoms. The molecule has 0 fully saturated rings. The van der Waals surface area contributed by atoms with Crippen LogP contribution in [0.3, 0.4) is 0 Å². The van der Waals surface area contributed by atoms with E-state index in [1.165, 1.54) is 0 Å². The van der Waals surface area contributed by atoms with Crippen molar-refractivity contribution in [2.45, 2.75) is 188 Å². The monoisotopic (exact) mass is 950 g/mol. The number of unbranched alkanes of at least 4 members (excludes halogenated alkanes) is 5. The van der Waals surface area contributed by atoms with Gasteiger partial charge in [-0.25, -0.2) is 9.59 Å². The van der Waals surface area contributed by atoms with E-state index in [1.54, 1.807) is 20.8 Å². The molecule has 1 aromatic carbocycles. The van der Waals surface area contributed by atoms with Gasteiger partial charge in [0.15, 0.2) is 0 Å². The smallest absolute Gasteiger partial charge is 0.408 e. The summed E-state index contributed by atoms with van der Waals surface area (Å²) in [5, 5.41) is 8.39. The summed E-state index contributed by atoms with van der Waals surface area (Å²) in [6.07, 6.45) is 5.31. The Morgan fingerprint density at radius 1 is 0.463 bits per heavy atom. The number of amides is 3. The van der Waals surface area contributed by atoms with Crippen molar-refractivity contribution in [3.63, 3.8) is 0 Å². The minimum absolute atomic E-state index is 0.00659. The summed E-state index contributed by atoms with van der Waals surface area (Å²) >= 11 is 0. The van der Waals surface area contributed by atoms with Gasteiger partial charge in [-0.15, -0.1) is 0 Å². The molecule has 1 aromatic rings. The molecule has 17 heteroatoms. The zero-order valence-corrected chi connectivity index (χ0v) is 42.1. The molecule has 0 spiro atoms. The van der Waals surface area contributed by atoms with Crippen molar-refractivity contribution in [3.05, 3.63) is 35.9 Å². The molecule has 17 nitrogen and oxygen atoms in total. The van der Waals surface area contributed by atoms with Crippen LogP contribution < -0.4 is 16.0 Å². The van der Waals surface area contributed by atoms with E-state index < -0.39 is 34.5 Å². The largest absolute Gasteiger partial charge is 0.460 e. The predicted octanol–water partition coefficient (Wildman–Crippen LogP) is 8.02. The lowest BCUT2D eigenvalue weighted by atomic mass is 10.0. The number of carbonyl (C=O) groups is 7. The summed E-state index contributed by atoms with van der Waals surface area (Å²) < 4.78 is 39.5. The molecular formula is C50H83N3O14. The first-order chi connectivity index (χ1) is 31.5. The van der Waals surface area contributed by atoms with E-state index in [0.29, 0.717) is 77.3 Å². The quantitative estimate of drug-likeness (QED) is 0.0333. The van der Waals surface area contributed by atoms with Crippen LogP contribution in [0.15, 0.2) is 30.3 Å². The van der Waals surface area contributed by atoms with E-state index in [-0.39, 0.29) is 108 Å². The van der Waals surface area contributed by atoms with Gasteiger partial charge in [-0.3, -0.25) is 24.0 Å². The average molecular weight is 950 g/mol. The maximum absolute atomic E-state index is 13.3. The van der Waals surface area contributed by atoms with E-state index >= 15 is 0 Å². The van der Waals surface area contributed by atoms with E-state index in [2.05, 4.69) is 16.0 Å². The Morgan fingerprint density at radius 2 is 0.896 bits per heavy atom. The number of carbonyl (C=O) groups excluding carboxylic acids is 7. The van der Waals surface area contributed by atoms with Gasteiger partial charge in [-0.2, -0.15) is 0 Å². The molecule has 0 aliphatic rings. The van der Waals surface area contributed by atoms with Crippen LogP contribution in [0.2, 0.25) is 0 Å². The minimum atomic E-state index is -1.35. The fourth-order valence-corrected chi connectivity index (χ4v) is 6.19. The Bertz CT molecular complexity index is 1560. The van der Waals surface area contributed by atoms with E-state index in [4.69, 9.17) is 33.2 Å². The predicted molar refractivity (Wildman–Crippen MR) is 253 cm³/mol. The number of esters is 2. The number of benzene rings is 1. The molecule has 0 aliphatic carbocycles. The van der Waals surface area contributed by atoms with Crippen molar-refractivity contribution in [2.24, 2.45) is 0 Å². The normalized spacial score (nSPS) is 11.9. The first-order valence-electron chi connectivity index (χ1n) is 23.9. The summed E-state index contributed by atoms with van der Waals surface area (Å²) in [6, 6.07) is 9.14. The van der Waals surface area contributed by atoms with E-state index in [1.807, 2.05) is 71.9 Å². The molecule has 0 aromatic heterocycles. The summed E-state index contributed by atoms with van der Waals surface area (Å²) in [5.41, 5.74) is -2.26. The van der Waals surface area contributed by atoms with Crippen molar-refractivity contribution in [3.8, 4) is 0 Å². The Balaban J connectivity index is 2.88. The van der Waals surface area contributed by atoms with Crippen LogP contribution in [-0.2, 0) is 63.7 Å². The first-order valence-corrected chi connectivity index (χ1v) is 23.9. The molecule has 0 unspecified atom stereocenters. The SMILES string of the molecule is CC(C)(C)OC(=O)CCCCCC(=O)CCOCC(COCCC(=O)CCCCCC(=O)OC(C)(C)C)(COCCC(=O)NCCCCNC(=O)OC(C)(C)C)NC(=O)OCc1ccccc1. The Morgan fingerprint density at radius 3 is 1.36 bits per heavy atom. The number of rotatable bonds is 35. The first kappa shape index (κ1) is 60.4.